The molecule has 0 rings (SSSR count). The Labute approximate surface area is 71.6 Å². The van der Waals surface area contributed by atoms with Gasteiger partial charge in [-0.05, 0) is 13.2 Å². The van der Waals surface area contributed by atoms with Gasteiger partial charge in [0.25, 0.3) is 0 Å². The standard InChI is InChI=1S/C7H16FNOS/c1-7(10,6-11-2)5-9-4-3-8/h9-10H,3-6H2,1-2H3. The molecule has 0 fully saturated rings. The summed E-state index contributed by atoms with van der Waals surface area (Å²) in [5.41, 5.74) is -0.714. The first kappa shape index (κ1) is 11.2. The van der Waals surface area contributed by atoms with Gasteiger partial charge in [-0.15, -0.1) is 0 Å². The third-order valence-corrected chi connectivity index (χ3v) is 2.14. The summed E-state index contributed by atoms with van der Waals surface area (Å²) >= 11 is 1.58. The monoisotopic (exact) mass is 181 g/mol. The number of aliphatic hydroxyl groups is 1. The summed E-state index contributed by atoms with van der Waals surface area (Å²) in [6.07, 6.45) is 1.93. The Morgan fingerprint density at radius 3 is 2.73 bits per heavy atom. The van der Waals surface area contributed by atoms with E-state index < -0.39 is 5.60 Å². The van der Waals surface area contributed by atoms with Crippen LogP contribution in [-0.4, -0.2) is 42.5 Å². The molecule has 0 aliphatic heterocycles. The van der Waals surface area contributed by atoms with E-state index in [1.165, 1.54) is 0 Å². The Kier molecular flexibility index (Phi) is 5.91. The largest absolute Gasteiger partial charge is 0.388 e. The van der Waals surface area contributed by atoms with Crippen molar-refractivity contribution in [1.29, 1.82) is 0 Å². The fourth-order valence-electron chi connectivity index (χ4n) is 0.786. The van der Waals surface area contributed by atoms with E-state index >= 15 is 0 Å². The molecule has 0 aromatic carbocycles. The average molecular weight is 181 g/mol. The Morgan fingerprint density at radius 1 is 1.64 bits per heavy atom. The Bertz CT molecular complexity index is 100. The highest BCUT2D eigenvalue weighted by Gasteiger charge is 2.18. The first-order chi connectivity index (χ1) is 5.12. The van der Waals surface area contributed by atoms with Crippen LogP contribution < -0.4 is 5.32 Å². The van der Waals surface area contributed by atoms with Crippen molar-refractivity contribution in [2.45, 2.75) is 12.5 Å². The lowest BCUT2D eigenvalue weighted by Crippen LogP contribution is -2.40. The number of nitrogens with one attached hydrogen (secondary N) is 1. The Morgan fingerprint density at radius 2 is 2.27 bits per heavy atom. The van der Waals surface area contributed by atoms with Crippen molar-refractivity contribution in [2.24, 2.45) is 0 Å². The van der Waals surface area contributed by atoms with Gasteiger partial charge in [-0.1, -0.05) is 0 Å². The van der Waals surface area contributed by atoms with Crippen molar-refractivity contribution in [1.82, 2.24) is 5.32 Å². The molecule has 0 amide bonds. The minimum absolute atomic E-state index is 0.324. The first-order valence-electron chi connectivity index (χ1n) is 3.60. The minimum Gasteiger partial charge on any atom is -0.388 e. The zero-order chi connectivity index (χ0) is 8.74. The molecule has 11 heavy (non-hydrogen) atoms. The smallest absolute Gasteiger partial charge is 0.102 e. The normalized spacial score (nSPS) is 16.4. The van der Waals surface area contributed by atoms with E-state index in [4.69, 9.17) is 0 Å². The number of alkyl halides is 1. The van der Waals surface area contributed by atoms with E-state index in [1.54, 1.807) is 18.7 Å². The molecular weight excluding hydrogens is 165 g/mol. The predicted molar refractivity (Wildman–Crippen MR) is 47.9 cm³/mol. The van der Waals surface area contributed by atoms with Crippen LogP contribution >= 0.6 is 11.8 Å². The van der Waals surface area contributed by atoms with Gasteiger partial charge in [0.2, 0.25) is 0 Å². The molecule has 1 unspecified atom stereocenters. The molecule has 0 aliphatic rings. The van der Waals surface area contributed by atoms with Crippen molar-refractivity contribution in [3.05, 3.63) is 0 Å². The van der Waals surface area contributed by atoms with Gasteiger partial charge in [-0.2, -0.15) is 11.8 Å². The maximum atomic E-state index is 11.6. The fourth-order valence-corrected chi connectivity index (χ4v) is 1.51. The molecule has 0 bridgehead atoms. The number of hydrogen-bond acceptors (Lipinski definition) is 3. The topological polar surface area (TPSA) is 32.3 Å². The second kappa shape index (κ2) is 5.80. The quantitative estimate of drug-likeness (QED) is 0.590. The van der Waals surface area contributed by atoms with E-state index in [0.29, 0.717) is 18.8 Å². The van der Waals surface area contributed by atoms with Gasteiger partial charge >= 0.3 is 0 Å². The van der Waals surface area contributed by atoms with E-state index in [2.05, 4.69) is 5.32 Å². The number of rotatable bonds is 6. The first-order valence-corrected chi connectivity index (χ1v) is 5.00. The van der Waals surface area contributed by atoms with Gasteiger partial charge in [-0.25, -0.2) is 4.39 Å². The second-order valence-corrected chi connectivity index (χ2v) is 3.66. The summed E-state index contributed by atoms with van der Waals surface area (Å²) in [6.45, 7) is 2.15. The molecule has 4 heteroatoms. The third-order valence-electron chi connectivity index (χ3n) is 1.23. The highest BCUT2D eigenvalue weighted by Crippen LogP contribution is 2.08. The van der Waals surface area contributed by atoms with E-state index in [9.17, 15) is 9.50 Å². The second-order valence-electron chi connectivity index (χ2n) is 2.80. The summed E-state index contributed by atoms with van der Waals surface area (Å²) in [5, 5.41) is 12.4. The van der Waals surface area contributed by atoms with E-state index in [-0.39, 0.29) is 6.67 Å². The van der Waals surface area contributed by atoms with Crippen LogP contribution in [0, 0.1) is 0 Å². The predicted octanol–water partition coefficient (Wildman–Crippen LogP) is 0.660. The zero-order valence-corrected chi connectivity index (χ0v) is 7.88. The van der Waals surface area contributed by atoms with Gasteiger partial charge < -0.3 is 10.4 Å². The van der Waals surface area contributed by atoms with Crippen LogP contribution in [-0.2, 0) is 0 Å². The lowest BCUT2D eigenvalue weighted by molar-refractivity contribution is 0.0846. The Balaban J connectivity index is 3.38. The van der Waals surface area contributed by atoms with Gasteiger partial charge in [0.15, 0.2) is 0 Å². The average Bonchev–Trinajstić information content (AvgIpc) is 1.87. The van der Waals surface area contributed by atoms with Crippen molar-refractivity contribution in [3.8, 4) is 0 Å². The van der Waals surface area contributed by atoms with Crippen molar-refractivity contribution in [3.63, 3.8) is 0 Å². The summed E-state index contributed by atoms with van der Waals surface area (Å²) in [5.74, 6) is 0.673. The Hall–Kier alpha value is 0.200. The van der Waals surface area contributed by atoms with Gasteiger partial charge in [0.1, 0.15) is 6.67 Å². The van der Waals surface area contributed by atoms with Crippen molar-refractivity contribution >= 4 is 11.8 Å². The van der Waals surface area contributed by atoms with Crippen molar-refractivity contribution < 1.29 is 9.50 Å². The molecule has 2 N–H and O–H groups in total. The minimum atomic E-state index is -0.714. The zero-order valence-electron chi connectivity index (χ0n) is 7.06. The van der Waals surface area contributed by atoms with Crippen LogP contribution in [0.4, 0.5) is 4.39 Å². The van der Waals surface area contributed by atoms with Crippen LogP contribution in [0.15, 0.2) is 0 Å². The highest BCUT2D eigenvalue weighted by molar-refractivity contribution is 7.98. The summed E-state index contributed by atoms with van der Waals surface area (Å²) < 4.78 is 11.6. The maximum absolute atomic E-state index is 11.6. The van der Waals surface area contributed by atoms with Crippen LogP contribution in [0.3, 0.4) is 0 Å². The van der Waals surface area contributed by atoms with Crippen LogP contribution in [0.5, 0.6) is 0 Å². The number of hydrogen-bond donors (Lipinski definition) is 2. The summed E-state index contributed by atoms with van der Waals surface area (Å²) in [4.78, 5) is 0. The molecule has 1 atom stereocenters. The SMILES string of the molecule is CSCC(C)(O)CNCCF. The van der Waals surface area contributed by atoms with Gasteiger partial charge in [-0.3, -0.25) is 0 Å². The van der Waals surface area contributed by atoms with Gasteiger partial charge in [0.05, 0.1) is 5.60 Å². The molecule has 0 heterocycles. The molecule has 68 valence electrons. The summed E-state index contributed by atoms with van der Waals surface area (Å²) in [6, 6.07) is 0. The molecule has 0 aromatic rings. The van der Waals surface area contributed by atoms with Crippen LogP contribution in [0.1, 0.15) is 6.92 Å². The third kappa shape index (κ3) is 6.59. The molecular formula is C7H16FNOS. The molecule has 0 aliphatic carbocycles. The molecule has 0 radical (unpaired) electrons. The number of halogens is 1. The summed E-state index contributed by atoms with van der Waals surface area (Å²) in [7, 11) is 0. The van der Waals surface area contributed by atoms with Crippen LogP contribution in [0.25, 0.3) is 0 Å². The molecule has 2 nitrogen and oxygen atoms in total. The van der Waals surface area contributed by atoms with Gasteiger partial charge in [0, 0.05) is 18.8 Å². The lowest BCUT2D eigenvalue weighted by atomic mass is 10.1. The lowest BCUT2D eigenvalue weighted by Gasteiger charge is -2.22. The molecule has 0 spiro atoms. The highest BCUT2D eigenvalue weighted by atomic mass is 32.2. The molecule has 0 saturated carbocycles. The fraction of sp³-hybridized carbons (Fsp3) is 1.00. The van der Waals surface area contributed by atoms with Crippen molar-refractivity contribution in [2.75, 3.05) is 31.8 Å². The van der Waals surface area contributed by atoms with E-state index in [0.717, 1.165) is 0 Å². The van der Waals surface area contributed by atoms with E-state index in [1.807, 2.05) is 6.26 Å². The van der Waals surface area contributed by atoms with Crippen LogP contribution in [0.2, 0.25) is 0 Å². The molecule has 0 saturated heterocycles. The number of thioether (sulfide) groups is 1. The maximum Gasteiger partial charge on any atom is 0.102 e. The molecule has 0 aromatic heterocycles.